The molecular weight excluding hydrogens is 234 g/mol. The van der Waals surface area contributed by atoms with Crippen LogP contribution in [0.1, 0.15) is 18.1 Å². The molecule has 0 saturated carbocycles. The van der Waals surface area contributed by atoms with Gasteiger partial charge in [-0.1, -0.05) is 0 Å². The Balaban J connectivity index is 2.38. The highest BCUT2D eigenvalue weighted by Crippen LogP contribution is 2.33. The molecule has 1 aromatic carbocycles. The molecule has 1 aliphatic rings. The Hall–Kier alpha value is -2.24. The number of amidine groups is 1. The number of rotatable bonds is 3. The number of carbonyl (C=O) groups is 1. The number of nitrogens with one attached hydrogen (secondary N) is 1. The first-order chi connectivity index (χ1) is 8.65. The quantitative estimate of drug-likeness (QED) is 0.837. The van der Waals surface area contributed by atoms with Gasteiger partial charge in [0.2, 0.25) is 0 Å². The summed E-state index contributed by atoms with van der Waals surface area (Å²) in [6.07, 6.45) is -0.551. The average Bonchev–Trinajstić information content (AvgIpc) is 2.71. The Labute approximate surface area is 105 Å². The molecule has 2 rings (SSSR count). The summed E-state index contributed by atoms with van der Waals surface area (Å²) in [5, 5.41) is 2.38. The summed E-state index contributed by atoms with van der Waals surface area (Å²) in [6.45, 7) is 2.88. The van der Waals surface area contributed by atoms with Crippen molar-refractivity contribution in [3.05, 3.63) is 23.3 Å². The van der Waals surface area contributed by atoms with Gasteiger partial charge in [-0.25, -0.2) is 4.79 Å². The zero-order chi connectivity index (χ0) is 13.1. The molecule has 0 radical (unpaired) electrons. The molecule has 0 atom stereocenters. The van der Waals surface area contributed by atoms with Crippen LogP contribution in [0.15, 0.2) is 17.1 Å². The summed E-state index contributed by atoms with van der Waals surface area (Å²) in [4.78, 5) is 15.4. The smallest absolute Gasteiger partial charge is 0.412 e. The minimum atomic E-state index is -0.551. The number of amides is 1. The molecule has 6 nitrogen and oxygen atoms in total. The van der Waals surface area contributed by atoms with Crippen LogP contribution in [-0.4, -0.2) is 25.6 Å². The number of aliphatic imine (C=N–C) groups is 1. The molecule has 1 amide bonds. The minimum absolute atomic E-state index is 0.343. The third-order valence-electron chi connectivity index (χ3n) is 2.57. The van der Waals surface area contributed by atoms with E-state index >= 15 is 0 Å². The van der Waals surface area contributed by atoms with Gasteiger partial charge in [0.15, 0.2) is 11.5 Å². The molecule has 1 aliphatic heterocycles. The SMILES string of the molecule is CCOc1cc2c(cc1OC(=O)NC)C(N)=NC2. The highest BCUT2D eigenvalue weighted by molar-refractivity contribution is 6.01. The van der Waals surface area contributed by atoms with Crippen molar-refractivity contribution < 1.29 is 14.3 Å². The molecule has 3 N–H and O–H groups in total. The second-order valence-electron chi connectivity index (χ2n) is 3.73. The number of ether oxygens (including phenoxy) is 2. The highest BCUT2D eigenvalue weighted by atomic mass is 16.6. The molecule has 96 valence electrons. The second-order valence-corrected chi connectivity index (χ2v) is 3.73. The van der Waals surface area contributed by atoms with E-state index in [1.807, 2.05) is 6.92 Å². The van der Waals surface area contributed by atoms with Gasteiger partial charge in [-0.2, -0.15) is 0 Å². The van der Waals surface area contributed by atoms with Crippen LogP contribution >= 0.6 is 0 Å². The van der Waals surface area contributed by atoms with Gasteiger partial charge in [-0.05, 0) is 24.6 Å². The first-order valence-corrected chi connectivity index (χ1v) is 5.65. The third-order valence-corrected chi connectivity index (χ3v) is 2.57. The van der Waals surface area contributed by atoms with Crippen molar-refractivity contribution in [2.75, 3.05) is 13.7 Å². The Kier molecular flexibility index (Phi) is 3.36. The van der Waals surface area contributed by atoms with Crippen LogP contribution < -0.4 is 20.5 Å². The molecule has 0 unspecified atom stereocenters. The van der Waals surface area contributed by atoms with Crippen molar-refractivity contribution in [1.82, 2.24) is 5.32 Å². The monoisotopic (exact) mass is 249 g/mol. The molecule has 0 spiro atoms. The molecule has 18 heavy (non-hydrogen) atoms. The Bertz CT molecular complexity index is 512. The number of nitrogens with zero attached hydrogens (tertiary/aromatic N) is 1. The van der Waals surface area contributed by atoms with E-state index in [0.717, 1.165) is 11.1 Å². The van der Waals surface area contributed by atoms with Gasteiger partial charge < -0.3 is 20.5 Å². The lowest BCUT2D eigenvalue weighted by molar-refractivity contribution is 0.199. The molecule has 0 fully saturated rings. The van der Waals surface area contributed by atoms with Crippen LogP contribution in [0.2, 0.25) is 0 Å². The van der Waals surface area contributed by atoms with E-state index in [0.29, 0.717) is 30.5 Å². The highest BCUT2D eigenvalue weighted by Gasteiger charge is 2.19. The minimum Gasteiger partial charge on any atom is -0.490 e. The predicted molar refractivity (Wildman–Crippen MR) is 67.1 cm³/mol. The fourth-order valence-electron chi connectivity index (χ4n) is 1.73. The average molecular weight is 249 g/mol. The molecule has 1 heterocycles. The van der Waals surface area contributed by atoms with Gasteiger partial charge in [-0.3, -0.25) is 4.99 Å². The lowest BCUT2D eigenvalue weighted by atomic mass is 10.1. The summed E-state index contributed by atoms with van der Waals surface area (Å²) in [6, 6.07) is 3.49. The van der Waals surface area contributed by atoms with Crippen LogP contribution in [0, 0.1) is 0 Å². The maximum Gasteiger partial charge on any atom is 0.412 e. The van der Waals surface area contributed by atoms with Crippen molar-refractivity contribution in [1.29, 1.82) is 0 Å². The third kappa shape index (κ3) is 2.22. The van der Waals surface area contributed by atoms with Crippen LogP contribution in [0.5, 0.6) is 11.5 Å². The summed E-state index contributed by atoms with van der Waals surface area (Å²) < 4.78 is 10.6. The number of hydrogen-bond acceptors (Lipinski definition) is 5. The largest absolute Gasteiger partial charge is 0.490 e. The van der Waals surface area contributed by atoms with Crippen LogP contribution in [0.3, 0.4) is 0 Å². The Morgan fingerprint density at radius 3 is 2.94 bits per heavy atom. The van der Waals surface area contributed by atoms with Gasteiger partial charge >= 0.3 is 6.09 Å². The van der Waals surface area contributed by atoms with Gasteiger partial charge in [0.05, 0.1) is 13.2 Å². The molecule has 0 aromatic heterocycles. The first-order valence-electron chi connectivity index (χ1n) is 5.65. The predicted octanol–water partition coefficient (Wildman–Crippen LogP) is 1.02. The van der Waals surface area contributed by atoms with Crippen molar-refractivity contribution in [3.8, 4) is 11.5 Å². The van der Waals surface area contributed by atoms with E-state index in [2.05, 4.69) is 10.3 Å². The van der Waals surface area contributed by atoms with E-state index < -0.39 is 6.09 Å². The lowest BCUT2D eigenvalue weighted by Gasteiger charge is -2.12. The van der Waals surface area contributed by atoms with Gasteiger partial charge in [-0.15, -0.1) is 0 Å². The van der Waals surface area contributed by atoms with E-state index in [-0.39, 0.29) is 0 Å². The number of carbonyl (C=O) groups excluding carboxylic acids is 1. The van der Waals surface area contributed by atoms with E-state index in [1.54, 1.807) is 12.1 Å². The van der Waals surface area contributed by atoms with Crippen molar-refractivity contribution >= 4 is 11.9 Å². The number of fused-ring (bicyclic) bond motifs is 1. The number of benzene rings is 1. The summed E-state index contributed by atoms with van der Waals surface area (Å²) in [5.74, 6) is 1.31. The zero-order valence-electron chi connectivity index (χ0n) is 10.3. The van der Waals surface area contributed by atoms with Crippen LogP contribution in [0.4, 0.5) is 4.79 Å². The fourth-order valence-corrected chi connectivity index (χ4v) is 1.73. The molecular formula is C12H15N3O3. The first kappa shape index (κ1) is 12.2. The standard InChI is InChI=1S/C12H15N3O3/c1-3-17-9-4-7-6-15-11(13)8(7)5-10(9)18-12(16)14-2/h4-5H,3,6H2,1-2H3,(H2,13,15)(H,14,16). The van der Waals surface area contributed by atoms with E-state index in [4.69, 9.17) is 15.2 Å². The van der Waals surface area contributed by atoms with Crippen molar-refractivity contribution in [3.63, 3.8) is 0 Å². The fraction of sp³-hybridized carbons (Fsp3) is 0.333. The molecule has 1 aromatic rings. The Morgan fingerprint density at radius 2 is 2.28 bits per heavy atom. The van der Waals surface area contributed by atoms with Gasteiger partial charge in [0, 0.05) is 12.6 Å². The topological polar surface area (TPSA) is 85.9 Å². The summed E-state index contributed by atoms with van der Waals surface area (Å²) in [5.41, 5.74) is 7.52. The molecule has 6 heteroatoms. The van der Waals surface area contributed by atoms with Crippen molar-refractivity contribution in [2.24, 2.45) is 10.7 Å². The maximum atomic E-state index is 11.3. The number of hydrogen-bond donors (Lipinski definition) is 2. The van der Waals surface area contributed by atoms with Gasteiger partial charge in [0.25, 0.3) is 0 Å². The second kappa shape index (κ2) is 4.95. The van der Waals surface area contributed by atoms with Crippen LogP contribution in [-0.2, 0) is 6.54 Å². The Morgan fingerprint density at radius 1 is 1.50 bits per heavy atom. The maximum absolute atomic E-state index is 11.3. The zero-order valence-corrected chi connectivity index (χ0v) is 10.3. The molecule has 0 aliphatic carbocycles. The van der Waals surface area contributed by atoms with Gasteiger partial charge in [0.1, 0.15) is 5.84 Å². The van der Waals surface area contributed by atoms with Crippen molar-refractivity contribution in [2.45, 2.75) is 13.5 Å². The van der Waals surface area contributed by atoms with Crippen LogP contribution in [0.25, 0.3) is 0 Å². The molecule has 0 bridgehead atoms. The lowest BCUT2D eigenvalue weighted by Crippen LogP contribution is -2.22. The van der Waals surface area contributed by atoms with E-state index in [9.17, 15) is 4.79 Å². The number of nitrogens with two attached hydrogens (primary N) is 1. The van der Waals surface area contributed by atoms with E-state index in [1.165, 1.54) is 7.05 Å². The molecule has 0 saturated heterocycles. The summed E-state index contributed by atoms with van der Waals surface area (Å²) in [7, 11) is 1.49. The normalized spacial score (nSPS) is 12.7. The summed E-state index contributed by atoms with van der Waals surface area (Å²) >= 11 is 0.